The Kier molecular flexibility index (Phi) is 11.9. The van der Waals surface area contributed by atoms with Crippen LogP contribution in [-0.4, -0.2) is 67.0 Å². The van der Waals surface area contributed by atoms with Gasteiger partial charge in [0.25, 0.3) is 5.91 Å². The summed E-state index contributed by atoms with van der Waals surface area (Å²) in [6.45, 7) is 0.187. The number of pyridine rings is 1. The van der Waals surface area contributed by atoms with Gasteiger partial charge in [-0.25, -0.2) is 9.78 Å². The number of anilines is 1. The Balaban J connectivity index is 2.10. The van der Waals surface area contributed by atoms with Crippen molar-refractivity contribution in [3.05, 3.63) is 53.7 Å². The summed E-state index contributed by atoms with van der Waals surface area (Å²) in [5.74, 6) is 0.617. The Hall–Kier alpha value is -2.43. The number of hydrogen-bond acceptors (Lipinski definition) is 9. The topological polar surface area (TPSA) is 116 Å². The highest BCUT2D eigenvalue weighted by Crippen LogP contribution is 2.23. The molecule has 0 spiro atoms. The first kappa shape index (κ1) is 26.8. The van der Waals surface area contributed by atoms with Crippen LogP contribution < -0.4 is 21.1 Å². The van der Waals surface area contributed by atoms with Gasteiger partial charge < -0.3 is 25.8 Å². The number of aromatic nitrogens is 1. The average molecular weight is 493 g/mol. The molecule has 33 heavy (non-hydrogen) atoms. The van der Waals surface area contributed by atoms with E-state index in [1.54, 1.807) is 11.8 Å². The van der Waals surface area contributed by atoms with Crippen LogP contribution in [0.2, 0.25) is 0 Å². The summed E-state index contributed by atoms with van der Waals surface area (Å²) in [5.41, 5.74) is 8.49. The van der Waals surface area contributed by atoms with E-state index in [-0.39, 0.29) is 12.6 Å². The molecule has 0 saturated carbocycles. The number of esters is 1. The minimum absolute atomic E-state index is 0.147. The zero-order chi connectivity index (χ0) is 24.1. The van der Waals surface area contributed by atoms with Crippen LogP contribution in [0.1, 0.15) is 17.7 Å². The van der Waals surface area contributed by atoms with Gasteiger partial charge in [0.2, 0.25) is 5.88 Å². The Morgan fingerprint density at radius 2 is 1.97 bits per heavy atom. The van der Waals surface area contributed by atoms with E-state index in [0.717, 1.165) is 11.3 Å². The van der Waals surface area contributed by atoms with Gasteiger partial charge >= 0.3 is 5.97 Å². The van der Waals surface area contributed by atoms with E-state index in [4.69, 9.17) is 15.2 Å². The van der Waals surface area contributed by atoms with E-state index in [1.807, 2.05) is 48.7 Å². The second kappa shape index (κ2) is 14.7. The number of carbonyl (C=O) groups excluding carboxylic acids is 2. The lowest BCUT2D eigenvalue weighted by Gasteiger charge is -2.18. The van der Waals surface area contributed by atoms with E-state index in [1.165, 1.54) is 7.11 Å². The number of thiol groups is 1. The van der Waals surface area contributed by atoms with E-state index >= 15 is 0 Å². The highest BCUT2D eigenvalue weighted by molar-refractivity contribution is 7.98. The molecular weight excluding hydrogens is 460 g/mol. The smallest absolute Gasteiger partial charge is 0.328 e. The lowest BCUT2D eigenvalue weighted by molar-refractivity contribution is -0.145. The van der Waals surface area contributed by atoms with Crippen LogP contribution in [0.5, 0.6) is 5.88 Å². The summed E-state index contributed by atoms with van der Waals surface area (Å²) < 4.78 is 10.5. The molecule has 4 N–H and O–H groups in total. The summed E-state index contributed by atoms with van der Waals surface area (Å²) in [4.78, 5) is 29.0. The Morgan fingerprint density at radius 1 is 1.21 bits per heavy atom. The van der Waals surface area contributed by atoms with E-state index in [2.05, 4.69) is 28.2 Å². The second-order valence-corrected chi connectivity index (χ2v) is 8.71. The van der Waals surface area contributed by atoms with Crippen LogP contribution in [0.3, 0.4) is 0 Å². The SMILES string of the molecule is COC(=O)[C@H](CCSC)NC(=O)COc1nc(Cc2ccccc2)ccc1NCC(N)CS. The van der Waals surface area contributed by atoms with E-state index in [0.29, 0.717) is 42.5 Å². The molecule has 0 aliphatic rings. The van der Waals surface area contributed by atoms with Crippen LogP contribution >= 0.6 is 24.4 Å². The molecule has 0 bridgehead atoms. The van der Waals surface area contributed by atoms with E-state index in [9.17, 15) is 9.59 Å². The Labute approximate surface area is 204 Å². The molecule has 1 heterocycles. The fourth-order valence-corrected chi connectivity index (χ4v) is 3.53. The third kappa shape index (κ3) is 9.53. The van der Waals surface area contributed by atoms with Crippen LogP contribution in [-0.2, 0) is 20.7 Å². The summed E-state index contributed by atoms with van der Waals surface area (Å²) in [6, 6.07) is 12.9. The van der Waals surface area contributed by atoms with Gasteiger partial charge in [-0.05, 0) is 36.1 Å². The fourth-order valence-electron chi connectivity index (χ4n) is 2.93. The van der Waals surface area contributed by atoms with Gasteiger partial charge in [0.15, 0.2) is 6.61 Å². The number of thioether (sulfide) groups is 1. The standard InChI is InChI=1S/C23H32N4O4S2/c1-30-23(29)20(10-11-33-2)27-21(28)14-31-22-19(25-13-17(24)15-32)9-8-18(26-22)12-16-6-4-3-5-7-16/h3-9,17,20,25,32H,10-15,24H2,1-2H3,(H,27,28)/t17?,20-/m0/s1. The van der Waals surface area contributed by atoms with Gasteiger partial charge in [0.05, 0.1) is 12.8 Å². The molecule has 1 amide bonds. The Morgan fingerprint density at radius 3 is 2.64 bits per heavy atom. The number of carbonyl (C=O) groups is 2. The molecule has 1 aromatic carbocycles. The van der Waals surface area contributed by atoms with Gasteiger partial charge in [0.1, 0.15) is 6.04 Å². The third-order valence-corrected chi connectivity index (χ3v) is 5.82. The highest BCUT2D eigenvalue weighted by atomic mass is 32.2. The van der Waals surface area contributed by atoms with Crippen molar-refractivity contribution in [2.75, 3.05) is 43.3 Å². The monoisotopic (exact) mass is 492 g/mol. The van der Waals surface area contributed by atoms with Crippen LogP contribution in [0.25, 0.3) is 0 Å². The first-order valence-corrected chi connectivity index (χ1v) is 12.6. The molecule has 0 fully saturated rings. The average Bonchev–Trinajstić information content (AvgIpc) is 2.84. The molecule has 180 valence electrons. The largest absolute Gasteiger partial charge is 0.467 e. The predicted octanol–water partition coefficient (Wildman–Crippen LogP) is 2.13. The molecule has 8 nitrogen and oxygen atoms in total. The van der Waals surface area contributed by atoms with Crippen molar-refractivity contribution >= 4 is 42.0 Å². The van der Waals surface area contributed by atoms with Crippen molar-refractivity contribution in [3.63, 3.8) is 0 Å². The number of methoxy groups -OCH3 is 1. The number of nitrogens with two attached hydrogens (primary N) is 1. The first-order valence-electron chi connectivity index (χ1n) is 10.6. The van der Waals surface area contributed by atoms with Crippen molar-refractivity contribution < 1.29 is 19.1 Å². The minimum Gasteiger partial charge on any atom is -0.467 e. The summed E-state index contributed by atoms with van der Waals surface area (Å²) in [7, 11) is 1.30. The van der Waals surface area contributed by atoms with Crippen molar-refractivity contribution in [3.8, 4) is 5.88 Å². The molecule has 0 aliphatic carbocycles. The van der Waals surface area contributed by atoms with Gasteiger partial charge in [-0.3, -0.25) is 4.79 Å². The predicted molar refractivity (Wildman–Crippen MR) is 136 cm³/mol. The maximum absolute atomic E-state index is 12.5. The molecule has 0 aliphatic heterocycles. The van der Waals surface area contributed by atoms with Crippen molar-refractivity contribution in [2.45, 2.75) is 24.9 Å². The molecule has 1 aromatic heterocycles. The molecule has 10 heteroatoms. The normalized spacial score (nSPS) is 12.5. The molecule has 2 rings (SSSR count). The quantitative estimate of drug-likeness (QED) is 0.234. The third-order valence-electron chi connectivity index (χ3n) is 4.71. The number of hydrogen-bond donors (Lipinski definition) is 4. The van der Waals surface area contributed by atoms with Crippen molar-refractivity contribution in [1.82, 2.24) is 10.3 Å². The van der Waals surface area contributed by atoms with Crippen LogP contribution in [0.4, 0.5) is 5.69 Å². The van der Waals surface area contributed by atoms with Crippen molar-refractivity contribution in [2.24, 2.45) is 5.73 Å². The zero-order valence-electron chi connectivity index (χ0n) is 19.0. The van der Waals surface area contributed by atoms with Crippen LogP contribution in [0.15, 0.2) is 42.5 Å². The number of rotatable bonds is 14. The number of nitrogens with zero attached hydrogens (tertiary/aromatic N) is 1. The second-order valence-electron chi connectivity index (χ2n) is 7.35. The number of benzene rings is 1. The Bertz CT molecular complexity index is 886. The summed E-state index contributed by atoms with van der Waals surface area (Å²) >= 11 is 5.79. The highest BCUT2D eigenvalue weighted by Gasteiger charge is 2.21. The minimum atomic E-state index is -0.720. The maximum Gasteiger partial charge on any atom is 0.328 e. The lowest BCUT2D eigenvalue weighted by atomic mass is 10.1. The molecular formula is C23H32N4O4S2. The van der Waals surface area contributed by atoms with Gasteiger partial charge in [-0.1, -0.05) is 30.3 Å². The molecule has 2 aromatic rings. The number of ether oxygens (including phenoxy) is 2. The number of amides is 1. The van der Waals surface area contributed by atoms with Crippen LogP contribution in [0, 0.1) is 0 Å². The summed E-state index contributed by atoms with van der Waals surface area (Å²) in [5, 5.41) is 5.88. The molecule has 1 unspecified atom stereocenters. The van der Waals surface area contributed by atoms with Gasteiger partial charge in [0, 0.05) is 30.5 Å². The van der Waals surface area contributed by atoms with Gasteiger partial charge in [-0.2, -0.15) is 24.4 Å². The fraction of sp³-hybridized carbons (Fsp3) is 0.435. The van der Waals surface area contributed by atoms with Gasteiger partial charge in [-0.15, -0.1) is 0 Å². The first-order chi connectivity index (χ1) is 16.0. The molecule has 0 saturated heterocycles. The number of nitrogens with one attached hydrogen (secondary N) is 2. The van der Waals surface area contributed by atoms with Crippen molar-refractivity contribution in [1.29, 1.82) is 0 Å². The summed E-state index contributed by atoms with van der Waals surface area (Å²) in [6.07, 6.45) is 3.03. The maximum atomic E-state index is 12.5. The lowest BCUT2D eigenvalue weighted by Crippen LogP contribution is -2.44. The van der Waals surface area contributed by atoms with E-state index < -0.39 is 17.9 Å². The molecule has 2 atom stereocenters. The molecule has 0 radical (unpaired) electrons. The zero-order valence-corrected chi connectivity index (χ0v) is 20.7.